The van der Waals surface area contributed by atoms with Gasteiger partial charge in [0, 0.05) is 19.2 Å². The van der Waals surface area contributed by atoms with E-state index < -0.39 is 23.2 Å². The second-order valence-corrected chi connectivity index (χ2v) is 3.24. The lowest BCUT2D eigenvalue weighted by molar-refractivity contribution is 0.0686. The van der Waals surface area contributed by atoms with Crippen molar-refractivity contribution in [3.05, 3.63) is 28.8 Å². The predicted molar refractivity (Wildman–Crippen MR) is 48.6 cm³/mol. The van der Waals surface area contributed by atoms with Gasteiger partial charge in [-0.2, -0.15) is 0 Å². The number of carboxylic acid groups (broad SMARTS) is 1. The van der Waals surface area contributed by atoms with E-state index in [-0.39, 0.29) is 12.1 Å². The smallest absolute Gasteiger partial charge is 0.341 e. The van der Waals surface area contributed by atoms with Crippen LogP contribution in [0, 0.1) is 11.6 Å². The molecule has 0 spiro atoms. The van der Waals surface area contributed by atoms with Gasteiger partial charge in [-0.3, -0.25) is 0 Å². The van der Waals surface area contributed by atoms with E-state index in [0.29, 0.717) is 5.69 Å². The number of halogens is 2. The standard InChI is InChI=1S/C9H8F2N2O2/c1-13-6-2-5(10)7(9(14)15)8(11)4(6)3-12-13/h2,12H,3H2,1H3,(H,14,15). The molecule has 15 heavy (non-hydrogen) atoms. The van der Waals surface area contributed by atoms with Crippen LogP contribution in [0.1, 0.15) is 15.9 Å². The summed E-state index contributed by atoms with van der Waals surface area (Å²) in [5, 5.41) is 10.1. The van der Waals surface area contributed by atoms with Gasteiger partial charge in [-0.05, 0) is 6.07 Å². The minimum Gasteiger partial charge on any atom is -0.477 e. The molecule has 0 saturated heterocycles. The van der Waals surface area contributed by atoms with Crippen LogP contribution in [0.2, 0.25) is 0 Å². The zero-order chi connectivity index (χ0) is 11.2. The number of benzene rings is 1. The highest BCUT2D eigenvalue weighted by molar-refractivity contribution is 5.89. The normalized spacial score (nSPS) is 14.2. The van der Waals surface area contributed by atoms with Crippen molar-refractivity contribution in [2.75, 3.05) is 12.1 Å². The minimum atomic E-state index is -1.60. The molecule has 0 unspecified atom stereocenters. The van der Waals surface area contributed by atoms with Gasteiger partial charge in [0.2, 0.25) is 0 Å². The molecule has 1 aromatic carbocycles. The number of aromatic carboxylic acids is 1. The number of fused-ring (bicyclic) bond motifs is 1. The van der Waals surface area contributed by atoms with Gasteiger partial charge in [0.1, 0.15) is 17.2 Å². The average Bonchev–Trinajstić information content (AvgIpc) is 2.47. The first-order chi connectivity index (χ1) is 7.02. The van der Waals surface area contributed by atoms with E-state index in [1.165, 1.54) is 5.01 Å². The highest BCUT2D eigenvalue weighted by atomic mass is 19.1. The number of hydrazine groups is 1. The van der Waals surface area contributed by atoms with E-state index >= 15 is 0 Å². The first-order valence-corrected chi connectivity index (χ1v) is 4.23. The van der Waals surface area contributed by atoms with E-state index in [1.54, 1.807) is 7.05 Å². The highest BCUT2D eigenvalue weighted by Gasteiger charge is 2.27. The fraction of sp³-hybridized carbons (Fsp3) is 0.222. The van der Waals surface area contributed by atoms with Crippen molar-refractivity contribution in [3.8, 4) is 0 Å². The molecule has 0 fully saturated rings. The van der Waals surface area contributed by atoms with Crippen molar-refractivity contribution in [1.29, 1.82) is 0 Å². The number of anilines is 1. The zero-order valence-corrected chi connectivity index (χ0v) is 7.84. The summed E-state index contributed by atoms with van der Waals surface area (Å²) in [6.07, 6.45) is 0. The third-order valence-electron chi connectivity index (χ3n) is 2.36. The van der Waals surface area contributed by atoms with Crippen LogP contribution < -0.4 is 10.4 Å². The maximum absolute atomic E-state index is 13.6. The molecule has 0 aromatic heterocycles. The van der Waals surface area contributed by atoms with Gasteiger partial charge < -0.3 is 10.1 Å². The molecule has 4 nitrogen and oxygen atoms in total. The lowest BCUT2D eigenvalue weighted by Crippen LogP contribution is -2.26. The summed E-state index contributed by atoms with van der Waals surface area (Å²) in [5.41, 5.74) is 2.36. The Morgan fingerprint density at radius 2 is 2.27 bits per heavy atom. The Hall–Kier alpha value is -1.69. The van der Waals surface area contributed by atoms with Crippen LogP contribution in [0.25, 0.3) is 0 Å². The lowest BCUT2D eigenvalue weighted by Gasteiger charge is -2.12. The first kappa shape index (κ1) is 9.85. The summed E-state index contributed by atoms with van der Waals surface area (Å²) in [7, 11) is 1.60. The number of hydrogen-bond donors (Lipinski definition) is 2. The van der Waals surface area contributed by atoms with Crippen LogP contribution in [0.15, 0.2) is 6.07 Å². The van der Waals surface area contributed by atoms with Crippen LogP contribution in [0.4, 0.5) is 14.5 Å². The van der Waals surface area contributed by atoms with Crippen LogP contribution in [0.5, 0.6) is 0 Å². The van der Waals surface area contributed by atoms with Gasteiger partial charge in [-0.25, -0.2) is 19.0 Å². The van der Waals surface area contributed by atoms with Gasteiger partial charge in [-0.15, -0.1) is 0 Å². The molecule has 0 bridgehead atoms. The summed E-state index contributed by atoms with van der Waals surface area (Å²) in [5.74, 6) is -3.66. The van der Waals surface area contributed by atoms with E-state index in [1.807, 2.05) is 0 Å². The van der Waals surface area contributed by atoms with Crippen LogP contribution in [-0.4, -0.2) is 18.1 Å². The van der Waals surface area contributed by atoms with Crippen LogP contribution in [0.3, 0.4) is 0 Å². The fourth-order valence-electron chi connectivity index (χ4n) is 1.59. The average molecular weight is 214 g/mol. The molecule has 2 N–H and O–H groups in total. The second kappa shape index (κ2) is 3.16. The maximum Gasteiger partial charge on any atom is 0.341 e. The van der Waals surface area contributed by atoms with Crippen LogP contribution >= 0.6 is 0 Å². The summed E-state index contributed by atoms with van der Waals surface area (Å²) in [4.78, 5) is 10.6. The quantitative estimate of drug-likeness (QED) is 0.735. The molecule has 1 heterocycles. The monoisotopic (exact) mass is 214 g/mol. The van der Waals surface area contributed by atoms with Gasteiger partial charge in [0.15, 0.2) is 0 Å². The van der Waals surface area contributed by atoms with Crippen molar-refractivity contribution in [2.24, 2.45) is 0 Å². The van der Waals surface area contributed by atoms with E-state index in [0.717, 1.165) is 6.07 Å². The minimum absolute atomic E-state index is 0.165. The molecular weight excluding hydrogens is 206 g/mol. The largest absolute Gasteiger partial charge is 0.477 e. The van der Waals surface area contributed by atoms with E-state index in [9.17, 15) is 13.6 Å². The molecule has 1 aliphatic heterocycles. The maximum atomic E-state index is 13.6. The number of nitrogens with zero attached hydrogens (tertiary/aromatic N) is 1. The summed E-state index contributed by atoms with van der Waals surface area (Å²) in [6.45, 7) is 0.165. The number of hydrogen-bond acceptors (Lipinski definition) is 3. The SMILES string of the molecule is CN1NCc2c1cc(F)c(C(=O)O)c2F. The van der Waals surface area contributed by atoms with Crippen molar-refractivity contribution in [1.82, 2.24) is 5.43 Å². The molecule has 0 saturated carbocycles. The summed E-state index contributed by atoms with van der Waals surface area (Å²) < 4.78 is 26.8. The van der Waals surface area contributed by atoms with Crippen LogP contribution in [-0.2, 0) is 6.54 Å². The molecule has 1 aliphatic rings. The highest BCUT2D eigenvalue weighted by Crippen LogP contribution is 2.30. The third-order valence-corrected chi connectivity index (χ3v) is 2.36. The molecule has 0 radical (unpaired) electrons. The number of rotatable bonds is 1. The second-order valence-electron chi connectivity index (χ2n) is 3.24. The lowest BCUT2D eigenvalue weighted by atomic mass is 10.1. The van der Waals surface area contributed by atoms with E-state index in [4.69, 9.17) is 5.11 Å². The molecule has 6 heteroatoms. The van der Waals surface area contributed by atoms with E-state index in [2.05, 4.69) is 5.43 Å². The number of nitrogens with one attached hydrogen (secondary N) is 1. The molecule has 0 amide bonds. The Labute approximate surface area is 84.1 Å². The number of carbonyl (C=O) groups is 1. The Morgan fingerprint density at radius 3 is 2.87 bits per heavy atom. The molecule has 1 aromatic rings. The van der Waals surface area contributed by atoms with Gasteiger partial charge in [0.25, 0.3) is 0 Å². The summed E-state index contributed by atoms with van der Waals surface area (Å²) in [6, 6.07) is 1.02. The zero-order valence-electron chi connectivity index (χ0n) is 7.84. The van der Waals surface area contributed by atoms with Crippen molar-refractivity contribution >= 4 is 11.7 Å². The first-order valence-electron chi connectivity index (χ1n) is 4.23. The van der Waals surface area contributed by atoms with Crippen molar-refractivity contribution in [2.45, 2.75) is 6.54 Å². The number of carboxylic acids is 1. The fourth-order valence-corrected chi connectivity index (χ4v) is 1.59. The van der Waals surface area contributed by atoms with Gasteiger partial charge >= 0.3 is 5.97 Å². The third kappa shape index (κ3) is 1.33. The van der Waals surface area contributed by atoms with Crippen molar-refractivity contribution < 1.29 is 18.7 Å². The Bertz CT molecular complexity index is 448. The van der Waals surface area contributed by atoms with Crippen molar-refractivity contribution in [3.63, 3.8) is 0 Å². The van der Waals surface area contributed by atoms with Gasteiger partial charge in [0.05, 0.1) is 5.69 Å². The predicted octanol–water partition coefficient (Wildman–Crippen LogP) is 1.12. The Morgan fingerprint density at radius 1 is 1.60 bits per heavy atom. The molecule has 0 aliphatic carbocycles. The van der Waals surface area contributed by atoms with Gasteiger partial charge in [-0.1, -0.05) is 0 Å². The Balaban J connectivity index is 2.69. The molecule has 0 atom stereocenters. The molecule has 80 valence electrons. The molecular formula is C9H8F2N2O2. The molecule has 2 rings (SSSR count). The topological polar surface area (TPSA) is 52.6 Å². The summed E-state index contributed by atoms with van der Waals surface area (Å²) >= 11 is 0. The Kier molecular flexibility index (Phi) is 2.08.